The number of rotatable bonds is 10. The van der Waals surface area contributed by atoms with Crippen molar-refractivity contribution in [1.29, 1.82) is 0 Å². The zero-order chi connectivity index (χ0) is 30.8. The lowest BCUT2D eigenvalue weighted by atomic mass is 9.79. The molecular formula is C30H34N2O8S2. The topological polar surface area (TPSA) is 127 Å². The van der Waals surface area contributed by atoms with E-state index in [1.807, 2.05) is 13.8 Å². The summed E-state index contributed by atoms with van der Waals surface area (Å²) in [6.45, 7) is 6.81. The predicted octanol–water partition coefficient (Wildman–Crippen LogP) is 3.14. The van der Waals surface area contributed by atoms with Gasteiger partial charge in [-0.1, -0.05) is 41.5 Å². The SMILES string of the molecule is C=CCN(CC1=C(C(=O)OC)CC2CN(S(=O)(=O)c3ccc(C)cc3)CC2=C1C(=O)OC)S(=O)(=O)c1ccc(C)cc1. The molecule has 10 nitrogen and oxygen atoms in total. The lowest BCUT2D eigenvalue weighted by Crippen LogP contribution is -2.36. The van der Waals surface area contributed by atoms with Gasteiger partial charge in [0.2, 0.25) is 20.0 Å². The fourth-order valence-corrected chi connectivity index (χ4v) is 8.10. The Bertz CT molecular complexity index is 1670. The lowest BCUT2D eigenvalue weighted by Gasteiger charge is -2.29. The molecule has 1 fully saturated rings. The van der Waals surface area contributed by atoms with E-state index in [-0.39, 0.29) is 59.1 Å². The van der Waals surface area contributed by atoms with Crippen LogP contribution in [0.2, 0.25) is 0 Å². The van der Waals surface area contributed by atoms with E-state index in [2.05, 4.69) is 6.58 Å². The van der Waals surface area contributed by atoms with Crippen molar-refractivity contribution >= 4 is 32.0 Å². The molecule has 1 aliphatic carbocycles. The third-order valence-corrected chi connectivity index (χ3v) is 11.2. The molecule has 1 heterocycles. The van der Waals surface area contributed by atoms with Crippen molar-refractivity contribution in [2.45, 2.75) is 30.1 Å². The summed E-state index contributed by atoms with van der Waals surface area (Å²) in [5.41, 5.74) is 2.44. The number of esters is 2. The number of hydrogen-bond acceptors (Lipinski definition) is 8. The van der Waals surface area contributed by atoms with Gasteiger partial charge in [0.25, 0.3) is 0 Å². The second-order valence-electron chi connectivity index (χ2n) is 10.3. The van der Waals surface area contributed by atoms with E-state index in [1.54, 1.807) is 24.3 Å². The van der Waals surface area contributed by atoms with Crippen LogP contribution in [0.1, 0.15) is 17.5 Å². The maximum atomic E-state index is 13.7. The Balaban J connectivity index is 1.82. The molecule has 4 rings (SSSR count). The minimum atomic E-state index is -4.09. The van der Waals surface area contributed by atoms with Gasteiger partial charge in [-0.2, -0.15) is 8.61 Å². The van der Waals surface area contributed by atoms with E-state index >= 15 is 0 Å². The number of ether oxygens (including phenoxy) is 2. The summed E-state index contributed by atoms with van der Waals surface area (Å²) in [7, 11) is -5.66. The molecule has 1 unspecified atom stereocenters. The molecule has 0 radical (unpaired) electrons. The molecule has 2 aromatic carbocycles. The predicted molar refractivity (Wildman–Crippen MR) is 156 cm³/mol. The Morgan fingerprint density at radius 1 is 0.929 bits per heavy atom. The highest BCUT2D eigenvalue weighted by molar-refractivity contribution is 7.89. The molecule has 0 saturated carbocycles. The number of methoxy groups -OCH3 is 2. The van der Waals surface area contributed by atoms with Gasteiger partial charge >= 0.3 is 11.9 Å². The minimum Gasteiger partial charge on any atom is -0.466 e. The molecule has 0 bridgehead atoms. The lowest BCUT2D eigenvalue weighted by molar-refractivity contribution is -0.136. The van der Waals surface area contributed by atoms with Crippen LogP contribution in [0.3, 0.4) is 0 Å². The van der Waals surface area contributed by atoms with Crippen LogP contribution in [0.15, 0.2) is 93.3 Å². The first-order valence-electron chi connectivity index (χ1n) is 13.2. The number of aryl methyl sites for hydroxylation is 2. The summed E-state index contributed by atoms with van der Waals surface area (Å²) in [4.78, 5) is 26.5. The van der Waals surface area contributed by atoms with Gasteiger partial charge in [0.05, 0.1) is 29.6 Å². The van der Waals surface area contributed by atoms with Crippen molar-refractivity contribution < 1.29 is 35.9 Å². The van der Waals surface area contributed by atoms with Gasteiger partial charge in [0.1, 0.15) is 0 Å². The maximum Gasteiger partial charge on any atom is 0.338 e. The zero-order valence-corrected chi connectivity index (χ0v) is 25.6. The van der Waals surface area contributed by atoms with Crippen molar-refractivity contribution in [2.75, 3.05) is 40.4 Å². The highest BCUT2D eigenvalue weighted by Gasteiger charge is 2.44. The van der Waals surface area contributed by atoms with Crippen LogP contribution in [-0.2, 0) is 39.1 Å². The van der Waals surface area contributed by atoms with Crippen molar-refractivity contribution in [1.82, 2.24) is 8.61 Å². The zero-order valence-electron chi connectivity index (χ0n) is 24.0. The molecule has 1 atom stereocenters. The third-order valence-electron chi connectivity index (χ3n) is 7.51. The van der Waals surface area contributed by atoms with Crippen LogP contribution in [-0.4, -0.2) is 77.8 Å². The Labute approximate surface area is 247 Å². The summed E-state index contributed by atoms with van der Waals surface area (Å²) >= 11 is 0. The highest BCUT2D eigenvalue weighted by Crippen LogP contribution is 2.42. The number of fused-ring (bicyclic) bond motifs is 1. The number of sulfonamides is 2. The average molecular weight is 615 g/mol. The number of hydrogen-bond donors (Lipinski definition) is 0. The molecule has 2 aromatic rings. The van der Waals surface area contributed by atoms with E-state index < -0.39 is 37.9 Å². The van der Waals surface area contributed by atoms with E-state index in [0.717, 1.165) is 15.4 Å². The van der Waals surface area contributed by atoms with E-state index in [1.165, 1.54) is 48.9 Å². The quantitative estimate of drug-likeness (QED) is 0.295. The van der Waals surface area contributed by atoms with Crippen molar-refractivity contribution in [2.24, 2.45) is 5.92 Å². The van der Waals surface area contributed by atoms with Gasteiger partial charge in [0, 0.05) is 37.7 Å². The molecule has 42 heavy (non-hydrogen) atoms. The summed E-state index contributed by atoms with van der Waals surface area (Å²) in [6.07, 6.45) is 1.47. The molecule has 1 saturated heterocycles. The smallest absolute Gasteiger partial charge is 0.338 e. The van der Waals surface area contributed by atoms with Crippen molar-refractivity contribution in [3.8, 4) is 0 Å². The van der Waals surface area contributed by atoms with Crippen molar-refractivity contribution in [3.63, 3.8) is 0 Å². The van der Waals surface area contributed by atoms with E-state index in [0.29, 0.717) is 5.57 Å². The fourth-order valence-electron chi connectivity index (χ4n) is 5.26. The first kappa shape index (κ1) is 31.4. The fraction of sp³-hybridized carbons (Fsp3) is 0.333. The average Bonchev–Trinajstić information content (AvgIpc) is 3.41. The highest BCUT2D eigenvalue weighted by atomic mass is 32.2. The Morgan fingerprint density at radius 3 is 2.00 bits per heavy atom. The molecule has 2 aliphatic rings. The second-order valence-corrected chi connectivity index (χ2v) is 14.1. The van der Waals surface area contributed by atoms with Gasteiger partial charge in [0.15, 0.2) is 0 Å². The van der Waals surface area contributed by atoms with Crippen LogP contribution in [0.5, 0.6) is 0 Å². The minimum absolute atomic E-state index is 0.0103. The number of nitrogens with zero attached hydrogens (tertiary/aromatic N) is 2. The molecule has 0 aromatic heterocycles. The standard InChI is InChI=1S/C30H34N2O8S2/c1-6-15-31(41(35,36)23-11-7-20(2)8-12-23)19-27-25(29(33)39-4)16-22-17-32(18-26(22)28(27)30(34)40-5)42(37,38)24-13-9-21(3)10-14-24/h6-14,22H,1,15-19H2,2-5H3. The molecule has 0 amide bonds. The van der Waals surface area contributed by atoms with Gasteiger partial charge in [-0.25, -0.2) is 26.4 Å². The maximum absolute atomic E-state index is 13.7. The third kappa shape index (κ3) is 5.98. The first-order chi connectivity index (χ1) is 19.8. The number of carbonyl (C=O) groups excluding carboxylic acids is 2. The van der Waals surface area contributed by atoms with Gasteiger partial charge < -0.3 is 9.47 Å². The Morgan fingerprint density at radius 2 is 1.48 bits per heavy atom. The summed E-state index contributed by atoms with van der Waals surface area (Å²) in [5, 5.41) is 0. The summed E-state index contributed by atoms with van der Waals surface area (Å²) in [6, 6.07) is 12.8. The largest absolute Gasteiger partial charge is 0.466 e. The van der Waals surface area contributed by atoms with Gasteiger partial charge in [-0.15, -0.1) is 6.58 Å². The Hall–Kier alpha value is -3.58. The number of benzene rings is 2. The van der Waals surface area contributed by atoms with E-state index in [4.69, 9.17) is 9.47 Å². The van der Waals surface area contributed by atoms with Gasteiger partial charge in [-0.05, 0) is 55.7 Å². The van der Waals surface area contributed by atoms with Crippen LogP contribution in [0, 0.1) is 19.8 Å². The number of carbonyl (C=O) groups is 2. The molecule has 224 valence electrons. The van der Waals surface area contributed by atoms with Crippen LogP contribution >= 0.6 is 0 Å². The monoisotopic (exact) mass is 614 g/mol. The van der Waals surface area contributed by atoms with Crippen LogP contribution < -0.4 is 0 Å². The molecule has 0 spiro atoms. The molecular weight excluding hydrogens is 580 g/mol. The normalized spacial score (nSPS) is 17.8. The molecule has 0 N–H and O–H groups in total. The van der Waals surface area contributed by atoms with Crippen molar-refractivity contribution in [3.05, 3.63) is 94.6 Å². The van der Waals surface area contributed by atoms with E-state index in [9.17, 15) is 26.4 Å². The molecule has 1 aliphatic heterocycles. The first-order valence-corrected chi connectivity index (χ1v) is 16.1. The van der Waals surface area contributed by atoms with Crippen LogP contribution in [0.4, 0.5) is 0 Å². The van der Waals surface area contributed by atoms with Gasteiger partial charge in [-0.3, -0.25) is 0 Å². The summed E-state index contributed by atoms with van der Waals surface area (Å²) < 4.78 is 67.0. The molecule has 12 heteroatoms. The summed E-state index contributed by atoms with van der Waals surface area (Å²) in [5.74, 6) is -2.05. The van der Waals surface area contributed by atoms with Crippen LogP contribution in [0.25, 0.3) is 0 Å². The second kappa shape index (κ2) is 12.3. The Kier molecular flexibility index (Phi) is 9.21.